The molecule has 5 heavy (non-hydrogen) atoms. The van der Waals surface area contributed by atoms with Crippen molar-refractivity contribution in [2.45, 2.75) is 0 Å². The van der Waals surface area contributed by atoms with Gasteiger partial charge in [-0.2, -0.15) is 5.26 Å². The van der Waals surface area contributed by atoms with Crippen LogP contribution in [0.1, 0.15) is 0 Å². The third-order valence-electron chi connectivity index (χ3n) is 0.162. The maximum atomic E-state index is 7.64. The molecule has 24 valence electrons. The molecule has 0 fully saturated rings. The second-order valence-corrected chi connectivity index (χ2v) is 0.499. The Hall–Kier alpha value is -1.02. The van der Waals surface area contributed by atoms with Gasteiger partial charge in [0.1, 0.15) is 0 Å². The van der Waals surface area contributed by atoms with Crippen molar-refractivity contribution < 1.29 is 0 Å². The van der Waals surface area contributed by atoms with Crippen molar-refractivity contribution in [1.82, 2.24) is 0 Å². The van der Waals surface area contributed by atoms with Crippen molar-refractivity contribution in [1.29, 1.82) is 5.26 Å². The number of hydrogen-bond donors (Lipinski definition) is 0. The lowest BCUT2D eigenvalue weighted by Gasteiger charge is -1.37. The van der Waals surface area contributed by atoms with E-state index in [-0.39, 0.29) is 6.54 Å². The fraction of sp³-hybridized carbons (Fsp3) is 0.333. The van der Waals surface area contributed by atoms with Crippen LogP contribution in [0.3, 0.4) is 0 Å². The number of nitriles is 1. The van der Waals surface area contributed by atoms with E-state index in [4.69, 9.17) is 5.26 Å². The Morgan fingerprint density at radius 2 is 2.60 bits per heavy atom. The highest BCUT2D eigenvalue weighted by atomic mass is 14.6. The van der Waals surface area contributed by atoms with Crippen LogP contribution in [0, 0.1) is 17.9 Å². The summed E-state index contributed by atoms with van der Waals surface area (Å²) < 4.78 is 0. The lowest BCUT2D eigenvalue weighted by Crippen LogP contribution is -1.56. The Morgan fingerprint density at radius 1 is 2.00 bits per heavy atom. The fourth-order valence-corrected chi connectivity index (χ4v) is 0.0408. The van der Waals surface area contributed by atoms with Gasteiger partial charge in [-0.25, -0.2) is 0 Å². The molecular formula is C3H3N2+. The van der Waals surface area contributed by atoms with E-state index in [1.807, 2.05) is 0 Å². The molecule has 0 saturated heterocycles. The smallest absolute Gasteiger partial charge is 0.190 e. The highest BCUT2D eigenvalue weighted by molar-refractivity contribution is 4.84. The van der Waals surface area contributed by atoms with Crippen LogP contribution < -0.4 is 0 Å². The first-order chi connectivity index (χ1) is 2.41. The normalized spacial score (nSPS) is 4.40. The Bertz CT molecular complexity index is 70.0. The van der Waals surface area contributed by atoms with Crippen molar-refractivity contribution in [2.24, 2.45) is 0 Å². The van der Waals surface area contributed by atoms with Gasteiger partial charge in [-0.15, -0.1) is 0 Å². The van der Waals surface area contributed by atoms with Crippen molar-refractivity contribution in [3.63, 3.8) is 0 Å². The lowest BCUT2D eigenvalue weighted by molar-refractivity contribution is 1.43. The average molecular weight is 67.1 g/mol. The minimum absolute atomic E-state index is 0.0972. The molecule has 2 heteroatoms. The molecule has 0 heterocycles. The molecule has 0 aromatic heterocycles. The van der Waals surface area contributed by atoms with Crippen LogP contribution >= 0.6 is 0 Å². The summed E-state index contributed by atoms with van der Waals surface area (Å²) in [6.45, 7) is 4.64. The molecule has 0 atom stereocenters. The molecule has 0 aliphatic heterocycles. The summed E-state index contributed by atoms with van der Waals surface area (Å²) in [5.41, 5.74) is 0. The first kappa shape index (κ1) is 3.98. The molecule has 0 aromatic rings. The van der Waals surface area contributed by atoms with Gasteiger partial charge >= 0.3 is 6.54 Å². The van der Waals surface area contributed by atoms with Gasteiger partial charge in [0, 0.05) is 0 Å². The van der Waals surface area contributed by atoms with Crippen LogP contribution in [0.4, 0.5) is 0 Å². The largest absolute Gasteiger partial charge is 0.346 e. The summed E-state index contributed by atoms with van der Waals surface area (Å²) in [4.78, 5) is 2.99. The molecule has 0 bridgehead atoms. The van der Waals surface area contributed by atoms with Crippen LogP contribution in [-0.2, 0) is 0 Å². The van der Waals surface area contributed by atoms with E-state index < -0.39 is 0 Å². The first-order valence-corrected chi connectivity index (χ1v) is 1.15. The van der Waals surface area contributed by atoms with Crippen molar-refractivity contribution in [3.8, 4) is 12.6 Å². The summed E-state index contributed by atoms with van der Waals surface area (Å²) in [7, 11) is 0. The number of rotatable bonds is 0. The Labute approximate surface area is 30.5 Å². The van der Waals surface area contributed by atoms with E-state index in [0.29, 0.717) is 0 Å². The molecule has 0 radical (unpaired) electrons. The fourth-order valence-electron chi connectivity index (χ4n) is 0.0408. The predicted octanol–water partition coefficient (Wildman–Crippen LogP) is 0.473. The van der Waals surface area contributed by atoms with E-state index in [1.54, 1.807) is 6.07 Å². The van der Waals surface area contributed by atoms with Crippen LogP contribution in [0.15, 0.2) is 0 Å². The van der Waals surface area contributed by atoms with E-state index in [1.165, 1.54) is 0 Å². The lowest BCUT2D eigenvalue weighted by atomic mass is 10.8. The summed E-state index contributed by atoms with van der Waals surface area (Å²) in [6, 6.07) is 1.73. The Kier molecular flexibility index (Phi) is 2.37. The van der Waals surface area contributed by atoms with Gasteiger partial charge in [0.05, 0.1) is 0 Å². The average Bonchev–Trinajstić information content (AvgIpc) is 1.41. The van der Waals surface area contributed by atoms with Gasteiger partial charge in [0.25, 0.3) is 6.57 Å². The zero-order valence-corrected chi connectivity index (χ0v) is 2.68. The van der Waals surface area contributed by atoms with Gasteiger partial charge in [0.15, 0.2) is 6.07 Å². The second kappa shape index (κ2) is 2.98. The van der Waals surface area contributed by atoms with E-state index >= 15 is 0 Å². The molecule has 2 nitrogen and oxygen atoms in total. The highest BCUT2D eigenvalue weighted by Gasteiger charge is 1.71. The van der Waals surface area contributed by atoms with Crippen LogP contribution in [0.2, 0.25) is 0 Å². The minimum Gasteiger partial charge on any atom is -0.190 e. The molecule has 0 aromatic carbocycles. The molecule has 0 unspecified atom stereocenters. The molecule has 0 rings (SSSR count). The monoisotopic (exact) mass is 67.0 g/mol. The third-order valence-corrected chi connectivity index (χ3v) is 0.162. The van der Waals surface area contributed by atoms with E-state index in [0.717, 1.165) is 0 Å². The summed E-state index contributed by atoms with van der Waals surface area (Å²) in [5.74, 6) is 0. The second-order valence-electron chi connectivity index (χ2n) is 0.499. The van der Waals surface area contributed by atoms with Crippen LogP contribution in [-0.4, -0.2) is 6.54 Å². The summed E-state index contributed by atoms with van der Waals surface area (Å²) in [5, 5.41) is 7.64. The zero-order chi connectivity index (χ0) is 4.12. The van der Waals surface area contributed by atoms with Crippen molar-refractivity contribution in [3.05, 3.63) is 4.85 Å². The predicted molar refractivity (Wildman–Crippen MR) is 18.8 cm³/mol. The molecule has 0 N–H and O–H groups in total. The van der Waals surface area contributed by atoms with Gasteiger partial charge < -0.3 is 0 Å². The highest BCUT2D eigenvalue weighted by Crippen LogP contribution is 1.53. The van der Waals surface area contributed by atoms with Gasteiger partial charge in [-0.1, -0.05) is 4.85 Å². The Morgan fingerprint density at radius 3 is 2.60 bits per heavy atom. The molecule has 0 spiro atoms. The van der Waals surface area contributed by atoms with E-state index in [9.17, 15) is 0 Å². The molecule has 0 aliphatic rings. The summed E-state index contributed by atoms with van der Waals surface area (Å²) >= 11 is 0. The van der Waals surface area contributed by atoms with Gasteiger partial charge in [-0.05, 0) is 0 Å². The molecule has 0 aliphatic carbocycles. The van der Waals surface area contributed by atoms with Crippen LogP contribution in [0.5, 0.6) is 0 Å². The number of hydrogen-bond acceptors (Lipinski definition) is 1. The van der Waals surface area contributed by atoms with Crippen LogP contribution in [0.25, 0.3) is 4.85 Å². The maximum absolute atomic E-state index is 7.64. The Balaban J connectivity index is 2.86. The standard InChI is InChI=1S/C3H3N2/c1-5-3-2-4/h1H,3H2/q+1. The molecule has 0 saturated carbocycles. The number of nitrogens with zero attached hydrogens (tertiary/aromatic N) is 2. The first-order valence-electron chi connectivity index (χ1n) is 1.15. The third kappa shape index (κ3) is 2.98. The van der Waals surface area contributed by atoms with Crippen molar-refractivity contribution >= 4 is 0 Å². The quantitative estimate of drug-likeness (QED) is 0.378. The zero-order valence-electron chi connectivity index (χ0n) is 2.68. The van der Waals surface area contributed by atoms with Gasteiger partial charge in [-0.3, -0.25) is 0 Å². The maximum Gasteiger partial charge on any atom is 0.346 e. The van der Waals surface area contributed by atoms with E-state index in [2.05, 4.69) is 11.4 Å². The molecular weight excluding hydrogens is 64.0 g/mol. The molecule has 0 amide bonds. The topological polar surface area (TPSA) is 28.1 Å². The van der Waals surface area contributed by atoms with Crippen molar-refractivity contribution in [2.75, 3.05) is 6.54 Å². The minimum atomic E-state index is 0.0972. The van der Waals surface area contributed by atoms with Gasteiger partial charge in [0.2, 0.25) is 0 Å². The SMILES string of the molecule is C#[N+]CC#N. The summed E-state index contributed by atoms with van der Waals surface area (Å²) in [6.07, 6.45) is 0.